The number of rotatable bonds is 10. The van der Waals surface area contributed by atoms with Crippen LogP contribution in [0.1, 0.15) is 85.0 Å². The van der Waals surface area contributed by atoms with Crippen molar-refractivity contribution in [2.24, 2.45) is 11.8 Å². The number of carbonyl (C=O) groups excluding carboxylic acids is 1. The minimum absolute atomic E-state index is 0.142. The van der Waals surface area contributed by atoms with Gasteiger partial charge < -0.3 is 0 Å². The zero-order valence-corrected chi connectivity index (χ0v) is 16.3. The van der Waals surface area contributed by atoms with Crippen LogP contribution in [0, 0.1) is 11.8 Å². The predicted molar refractivity (Wildman–Crippen MR) is 95.8 cm³/mol. The lowest BCUT2D eigenvalue weighted by atomic mass is 9.81. The van der Waals surface area contributed by atoms with Crippen LogP contribution in [0.25, 0.3) is 0 Å². The monoisotopic (exact) mass is 356 g/mol. The molecule has 5 heteroatoms. The molecule has 0 aromatic carbocycles. The molecule has 2 fully saturated rings. The smallest absolute Gasteiger partial charge is 0.170 e. The first kappa shape index (κ1) is 20.8. The largest absolute Gasteiger partial charge is 0.296 e. The first-order chi connectivity index (χ1) is 12.0. The van der Waals surface area contributed by atoms with E-state index in [-0.39, 0.29) is 17.8 Å². The predicted octanol–water partition coefficient (Wildman–Crippen LogP) is 4.78. The van der Waals surface area contributed by atoms with E-state index in [2.05, 4.69) is 6.92 Å². The van der Waals surface area contributed by atoms with E-state index in [1.54, 1.807) is 0 Å². The molecule has 0 heterocycles. The lowest BCUT2D eigenvalue weighted by molar-refractivity contribution is -0.352. The van der Waals surface area contributed by atoms with Crippen molar-refractivity contribution in [2.45, 2.75) is 96.7 Å². The maximum atomic E-state index is 12.6. The molecule has 2 aliphatic carbocycles. The second-order valence-corrected chi connectivity index (χ2v) is 8.14. The van der Waals surface area contributed by atoms with Crippen molar-refractivity contribution >= 4 is 5.78 Å². The Bertz CT molecular complexity index is 382. The molecule has 146 valence electrons. The highest BCUT2D eigenvalue weighted by Gasteiger charge is 2.36. The van der Waals surface area contributed by atoms with E-state index >= 15 is 0 Å². The van der Waals surface area contributed by atoms with E-state index in [0.29, 0.717) is 19.1 Å². The lowest BCUT2D eigenvalue weighted by Crippen LogP contribution is -2.41. The van der Waals surface area contributed by atoms with Crippen LogP contribution in [0.5, 0.6) is 0 Å². The SMILES string of the molecule is CCCOOC1CCC(COOC(C)(C)C(=O)C2CCCCC2)CC1. The second-order valence-electron chi connectivity index (χ2n) is 8.14. The summed E-state index contributed by atoms with van der Waals surface area (Å²) < 4.78 is 0. The highest BCUT2D eigenvalue weighted by Crippen LogP contribution is 2.30. The fourth-order valence-corrected chi connectivity index (χ4v) is 3.80. The Kier molecular flexibility index (Phi) is 8.83. The first-order valence-corrected chi connectivity index (χ1v) is 10.2. The molecule has 0 aromatic heterocycles. The van der Waals surface area contributed by atoms with Gasteiger partial charge in [-0.3, -0.25) is 4.79 Å². The fourth-order valence-electron chi connectivity index (χ4n) is 3.80. The number of Topliss-reactive ketones (excluding diaryl/α,β-unsaturated/α-hetero) is 1. The number of hydrogen-bond acceptors (Lipinski definition) is 5. The third kappa shape index (κ3) is 6.97. The molecule has 0 unspecified atom stereocenters. The van der Waals surface area contributed by atoms with Gasteiger partial charge in [0.2, 0.25) is 0 Å². The van der Waals surface area contributed by atoms with Gasteiger partial charge >= 0.3 is 0 Å². The summed E-state index contributed by atoms with van der Waals surface area (Å²) in [7, 11) is 0. The molecule has 0 aromatic rings. The zero-order valence-electron chi connectivity index (χ0n) is 16.3. The van der Waals surface area contributed by atoms with Gasteiger partial charge in [0.1, 0.15) is 0 Å². The van der Waals surface area contributed by atoms with E-state index in [1.807, 2.05) is 13.8 Å². The number of ketones is 1. The quantitative estimate of drug-likeness (QED) is 0.320. The van der Waals surface area contributed by atoms with Crippen LogP contribution in [0.4, 0.5) is 0 Å². The molecular weight excluding hydrogens is 320 g/mol. The van der Waals surface area contributed by atoms with Gasteiger partial charge in [0.15, 0.2) is 11.4 Å². The van der Waals surface area contributed by atoms with Crippen molar-refractivity contribution in [3.8, 4) is 0 Å². The van der Waals surface area contributed by atoms with Gasteiger partial charge in [0.05, 0.1) is 19.3 Å². The van der Waals surface area contributed by atoms with Gasteiger partial charge in [-0.1, -0.05) is 26.2 Å². The van der Waals surface area contributed by atoms with Gasteiger partial charge in [0.25, 0.3) is 0 Å². The third-order valence-electron chi connectivity index (χ3n) is 5.43. The van der Waals surface area contributed by atoms with E-state index in [0.717, 1.165) is 57.8 Å². The van der Waals surface area contributed by atoms with Gasteiger partial charge in [0, 0.05) is 5.92 Å². The third-order valence-corrected chi connectivity index (χ3v) is 5.43. The molecule has 0 amide bonds. The molecule has 2 aliphatic rings. The van der Waals surface area contributed by atoms with Gasteiger partial charge in [-0.2, -0.15) is 0 Å². The molecule has 0 atom stereocenters. The highest BCUT2D eigenvalue weighted by atomic mass is 17.2. The topological polar surface area (TPSA) is 54.0 Å². The van der Waals surface area contributed by atoms with Crippen LogP contribution in [0.3, 0.4) is 0 Å². The van der Waals surface area contributed by atoms with Gasteiger partial charge in [-0.05, 0) is 64.7 Å². The van der Waals surface area contributed by atoms with Crippen LogP contribution in [-0.4, -0.2) is 30.7 Å². The Balaban J connectivity index is 1.62. The molecule has 0 spiro atoms. The normalized spacial score (nSPS) is 25.9. The lowest BCUT2D eigenvalue weighted by Gasteiger charge is -2.31. The summed E-state index contributed by atoms with van der Waals surface area (Å²) in [4.78, 5) is 34.3. The molecule has 2 saturated carbocycles. The van der Waals surface area contributed by atoms with Crippen LogP contribution in [0.15, 0.2) is 0 Å². The maximum Gasteiger partial charge on any atom is 0.170 e. The van der Waals surface area contributed by atoms with Gasteiger partial charge in [-0.25, -0.2) is 19.6 Å². The molecule has 5 nitrogen and oxygen atoms in total. The molecule has 2 rings (SSSR count). The standard InChI is InChI=1S/C20H36O5/c1-4-14-22-24-18-12-10-16(11-13-18)15-23-25-20(2,3)19(21)17-8-6-5-7-9-17/h16-18H,4-15H2,1-3H3. The Labute approximate surface area is 152 Å². The van der Waals surface area contributed by atoms with Crippen molar-refractivity contribution in [1.29, 1.82) is 0 Å². The summed E-state index contributed by atoms with van der Waals surface area (Å²) >= 11 is 0. The van der Waals surface area contributed by atoms with Crippen molar-refractivity contribution in [3.05, 3.63) is 0 Å². The molecule has 0 bridgehead atoms. The Hall–Kier alpha value is -0.490. The van der Waals surface area contributed by atoms with Crippen LogP contribution in [-0.2, 0) is 24.3 Å². The first-order valence-electron chi connectivity index (χ1n) is 10.2. The Morgan fingerprint density at radius 1 is 0.960 bits per heavy atom. The summed E-state index contributed by atoms with van der Waals surface area (Å²) in [5.74, 6) is 0.798. The molecule has 0 radical (unpaired) electrons. The van der Waals surface area contributed by atoms with Crippen molar-refractivity contribution in [2.75, 3.05) is 13.2 Å². The second kappa shape index (κ2) is 10.6. The van der Waals surface area contributed by atoms with E-state index in [9.17, 15) is 4.79 Å². The summed E-state index contributed by atoms with van der Waals surface area (Å²) in [6.45, 7) is 6.93. The molecule has 0 saturated heterocycles. The zero-order chi connectivity index (χ0) is 18.1. The summed E-state index contributed by atoms with van der Waals surface area (Å²) in [6.07, 6.45) is 10.8. The molecule has 0 N–H and O–H groups in total. The van der Waals surface area contributed by atoms with Crippen molar-refractivity contribution in [1.82, 2.24) is 0 Å². The average Bonchev–Trinajstić information content (AvgIpc) is 2.63. The minimum Gasteiger partial charge on any atom is -0.296 e. The molecule has 25 heavy (non-hydrogen) atoms. The summed E-state index contributed by atoms with van der Waals surface area (Å²) in [5.41, 5.74) is -0.851. The number of hydrogen-bond donors (Lipinski definition) is 0. The van der Waals surface area contributed by atoms with E-state index in [1.165, 1.54) is 6.42 Å². The van der Waals surface area contributed by atoms with Crippen molar-refractivity contribution < 1.29 is 24.3 Å². The van der Waals surface area contributed by atoms with E-state index < -0.39 is 5.60 Å². The molecular formula is C20H36O5. The van der Waals surface area contributed by atoms with Crippen LogP contribution >= 0.6 is 0 Å². The Morgan fingerprint density at radius 3 is 2.28 bits per heavy atom. The van der Waals surface area contributed by atoms with Crippen molar-refractivity contribution in [3.63, 3.8) is 0 Å². The molecule has 0 aliphatic heterocycles. The average molecular weight is 357 g/mol. The van der Waals surface area contributed by atoms with Gasteiger partial charge in [-0.15, -0.1) is 0 Å². The van der Waals surface area contributed by atoms with Crippen LogP contribution in [0.2, 0.25) is 0 Å². The minimum atomic E-state index is -0.851. The highest BCUT2D eigenvalue weighted by molar-refractivity contribution is 5.88. The fraction of sp³-hybridized carbons (Fsp3) is 0.950. The van der Waals surface area contributed by atoms with Crippen LogP contribution < -0.4 is 0 Å². The summed E-state index contributed by atoms with van der Waals surface area (Å²) in [6, 6.07) is 0. The number of carbonyl (C=O) groups is 1. The summed E-state index contributed by atoms with van der Waals surface area (Å²) in [5, 5.41) is 0. The van der Waals surface area contributed by atoms with E-state index in [4.69, 9.17) is 19.6 Å². The maximum absolute atomic E-state index is 12.6. The Morgan fingerprint density at radius 2 is 1.64 bits per heavy atom.